The smallest absolute Gasteiger partial charge is 0.0157 e. The van der Waals surface area contributed by atoms with Gasteiger partial charge >= 0.3 is 0 Å². The first kappa shape index (κ1) is 9.70. The van der Waals surface area contributed by atoms with E-state index in [1.54, 1.807) is 0 Å². The van der Waals surface area contributed by atoms with E-state index in [2.05, 4.69) is 25.5 Å². The molecule has 0 aliphatic carbocycles. The highest BCUT2D eigenvalue weighted by molar-refractivity contribution is 4.70. The van der Waals surface area contributed by atoms with E-state index in [1.165, 1.54) is 25.8 Å². The van der Waals surface area contributed by atoms with Gasteiger partial charge in [0.2, 0.25) is 0 Å². The van der Waals surface area contributed by atoms with Gasteiger partial charge in [0, 0.05) is 6.54 Å². The van der Waals surface area contributed by atoms with Crippen molar-refractivity contribution in [3.05, 3.63) is 12.7 Å². The maximum Gasteiger partial charge on any atom is 0.0157 e. The van der Waals surface area contributed by atoms with Crippen LogP contribution in [0, 0.1) is 0 Å². The van der Waals surface area contributed by atoms with E-state index in [-0.39, 0.29) is 0 Å². The second-order valence-electron chi connectivity index (χ2n) is 2.76. The molecule has 0 unspecified atom stereocenters. The number of hydrogen-bond acceptors (Lipinski definition) is 1. The van der Waals surface area contributed by atoms with E-state index >= 15 is 0 Å². The van der Waals surface area contributed by atoms with E-state index in [0.29, 0.717) is 0 Å². The van der Waals surface area contributed by atoms with E-state index < -0.39 is 0 Å². The van der Waals surface area contributed by atoms with Gasteiger partial charge in [-0.05, 0) is 20.0 Å². The van der Waals surface area contributed by atoms with Crippen molar-refractivity contribution in [3.8, 4) is 0 Å². The molecule has 0 rings (SSSR count). The lowest BCUT2D eigenvalue weighted by Crippen LogP contribution is -2.19. The summed E-state index contributed by atoms with van der Waals surface area (Å²) < 4.78 is 0. The lowest BCUT2D eigenvalue weighted by molar-refractivity contribution is 0.359. The molecule has 0 atom stereocenters. The predicted octanol–water partition coefficient (Wildman–Crippen LogP) is 2.29. The van der Waals surface area contributed by atoms with Gasteiger partial charge in [0.1, 0.15) is 0 Å². The topological polar surface area (TPSA) is 3.24 Å². The third kappa shape index (κ3) is 5.83. The van der Waals surface area contributed by atoms with Crippen LogP contribution in [0.15, 0.2) is 12.7 Å². The van der Waals surface area contributed by atoms with Crippen molar-refractivity contribution in [2.24, 2.45) is 0 Å². The molecule has 0 amide bonds. The van der Waals surface area contributed by atoms with Gasteiger partial charge in [-0.25, -0.2) is 0 Å². The van der Waals surface area contributed by atoms with E-state index in [1.807, 2.05) is 6.08 Å². The normalized spacial score (nSPS) is 10.3. The molecule has 0 aromatic heterocycles. The van der Waals surface area contributed by atoms with Gasteiger partial charge < -0.3 is 4.90 Å². The van der Waals surface area contributed by atoms with Gasteiger partial charge in [0.15, 0.2) is 0 Å². The van der Waals surface area contributed by atoms with E-state index in [4.69, 9.17) is 0 Å². The Hall–Kier alpha value is -0.300. The highest BCUT2D eigenvalue weighted by atomic mass is 15.1. The summed E-state index contributed by atoms with van der Waals surface area (Å²) in [4.78, 5) is 2.29. The summed E-state index contributed by atoms with van der Waals surface area (Å²) in [7, 11) is 2.14. The molecule has 0 N–H and O–H groups in total. The van der Waals surface area contributed by atoms with E-state index in [0.717, 1.165) is 6.54 Å². The maximum atomic E-state index is 3.69. The highest BCUT2D eigenvalue weighted by Gasteiger charge is 1.92. The van der Waals surface area contributed by atoms with Gasteiger partial charge in [0.05, 0.1) is 0 Å². The molecule has 0 aliphatic rings. The molecular formula is C9H19N. The van der Waals surface area contributed by atoms with Crippen LogP contribution in [0.5, 0.6) is 0 Å². The standard InChI is InChI=1S/C9H19N/c1-4-6-7-9-10(3)8-5-2/h5H,2,4,6-9H2,1,3H3. The van der Waals surface area contributed by atoms with Gasteiger partial charge in [-0.2, -0.15) is 0 Å². The Morgan fingerprint density at radius 3 is 2.60 bits per heavy atom. The fourth-order valence-corrected chi connectivity index (χ4v) is 0.943. The second-order valence-corrected chi connectivity index (χ2v) is 2.76. The summed E-state index contributed by atoms with van der Waals surface area (Å²) >= 11 is 0. The Kier molecular flexibility index (Phi) is 6.61. The van der Waals surface area contributed by atoms with Crippen LogP contribution in [-0.4, -0.2) is 25.0 Å². The molecule has 0 aromatic rings. The fourth-order valence-electron chi connectivity index (χ4n) is 0.943. The van der Waals surface area contributed by atoms with Gasteiger partial charge in [-0.1, -0.05) is 25.8 Å². The first-order chi connectivity index (χ1) is 4.81. The minimum absolute atomic E-state index is 1.02. The van der Waals surface area contributed by atoms with Crippen LogP contribution in [0.3, 0.4) is 0 Å². The highest BCUT2D eigenvalue weighted by Crippen LogP contribution is 1.95. The summed E-state index contributed by atoms with van der Waals surface area (Å²) in [6.07, 6.45) is 5.93. The van der Waals surface area contributed by atoms with Crippen molar-refractivity contribution in [2.75, 3.05) is 20.1 Å². The van der Waals surface area contributed by atoms with Crippen LogP contribution in [0.2, 0.25) is 0 Å². The Morgan fingerprint density at radius 1 is 1.40 bits per heavy atom. The minimum atomic E-state index is 1.02. The molecule has 0 spiro atoms. The number of likely N-dealkylation sites (N-methyl/N-ethyl adjacent to an activating group) is 1. The average molecular weight is 141 g/mol. The molecule has 0 saturated carbocycles. The minimum Gasteiger partial charge on any atom is -0.303 e. The van der Waals surface area contributed by atoms with Crippen LogP contribution in [-0.2, 0) is 0 Å². The number of rotatable bonds is 6. The zero-order valence-corrected chi connectivity index (χ0v) is 7.27. The summed E-state index contributed by atoms with van der Waals surface area (Å²) in [6, 6.07) is 0. The molecule has 0 heterocycles. The fraction of sp³-hybridized carbons (Fsp3) is 0.778. The Balaban J connectivity index is 3.04. The molecular weight excluding hydrogens is 122 g/mol. The summed E-state index contributed by atoms with van der Waals surface area (Å²) in [5.74, 6) is 0. The molecule has 0 aromatic carbocycles. The van der Waals surface area contributed by atoms with Crippen LogP contribution in [0.25, 0.3) is 0 Å². The van der Waals surface area contributed by atoms with Crippen LogP contribution >= 0.6 is 0 Å². The van der Waals surface area contributed by atoms with Crippen LogP contribution in [0.1, 0.15) is 26.2 Å². The van der Waals surface area contributed by atoms with Gasteiger partial charge in [-0.3, -0.25) is 0 Å². The maximum absolute atomic E-state index is 3.69. The Morgan fingerprint density at radius 2 is 2.10 bits per heavy atom. The van der Waals surface area contributed by atoms with Crippen molar-refractivity contribution in [1.82, 2.24) is 4.90 Å². The molecule has 1 nitrogen and oxygen atoms in total. The second kappa shape index (κ2) is 6.81. The largest absolute Gasteiger partial charge is 0.303 e. The predicted molar refractivity (Wildman–Crippen MR) is 47.2 cm³/mol. The molecule has 0 radical (unpaired) electrons. The molecule has 0 saturated heterocycles. The third-order valence-corrected chi connectivity index (χ3v) is 1.58. The van der Waals surface area contributed by atoms with Crippen molar-refractivity contribution in [1.29, 1.82) is 0 Å². The zero-order chi connectivity index (χ0) is 7.82. The van der Waals surface area contributed by atoms with Gasteiger partial charge in [0.25, 0.3) is 0 Å². The van der Waals surface area contributed by atoms with Crippen molar-refractivity contribution in [3.63, 3.8) is 0 Å². The van der Waals surface area contributed by atoms with Crippen LogP contribution in [0.4, 0.5) is 0 Å². The third-order valence-electron chi connectivity index (χ3n) is 1.58. The lowest BCUT2D eigenvalue weighted by Gasteiger charge is -2.12. The first-order valence-electron chi connectivity index (χ1n) is 4.10. The van der Waals surface area contributed by atoms with Crippen molar-refractivity contribution >= 4 is 0 Å². The quantitative estimate of drug-likeness (QED) is 0.405. The van der Waals surface area contributed by atoms with Crippen molar-refractivity contribution < 1.29 is 0 Å². The Labute approximate surface area is 64.7 Å². The van der Waals surface area contributed by atoms with E-state index in [9.17, 15) is 0 Å². The SMILES string of the molecule is C=CCN(C)CCCCC. The summed E-state index contributed by atoms with van der Waals surface area (Å²) in [6.45, 7) is 8.14. The summed E-state index contributed by atoms with van der Waals surface area (Å²) in [5, 5.41) is 0. The van der Waals surface area contributed by atoms with Gasteiger partial charge in [-0.15, -0.1) is 6.58 Å². The molecule has 1 heteroatoms. The Bertz CT molecular complexity index is 78.8. The average Bonchev–Trinajstić information content (AvgIpc) is 1.89. The molecule has 60 valence electrons. The lowest BCUT2D eigenvalue weighted by atomic mass is 10.2. The monoisotopic (exact) mass is 141 g/mol. The molecule has 0 fully saturated rings. The zero-order valence-electron chi connectivity index (χ0n) is 7.27. The molecule has 0 aliphatic heterocycles. The summed E-state index contributed by atoms with van der Waals surface area (Å²) in [5.41, 5.74) is 0. The van der Waals surface area contributed by atoms with Crippen LogP contribution < -0.4 is 0 Å². The number of nitrogens with zero attached hydrogens (tertiary/aromatic N) is 1. The molecule has 0 bridgehead atoms. The number of unbranched alkanes of at least 4 members (excludes halogenated alkanes) is 2. The first-order valence-corrected chi connectivity index (χ1v) is 4.10. The molecule has 10 heavy (non-hydrogen) atoms. The van der Waals surface area contributed by atoms with Crippen molar-refractivity contribution in [2.45, 2.75) is 26.2 Å². The number of hydrogen-bond donors (Lipinski definition) is 0.